The van der Waals surface area contributed by atoms with Gasteiger partial charge in [0.05, 0.1) is 6.20 Å². The summed E-state index contributed by atoms with van der Waals surface area (Å²) < 4.78 is 5.00. The number of carbonyl (C=O) groups is 3. The van der Waals surface area contributed by atoms with Crippen LogP contribution in [0.2, 0.25) is 0 Å². The first-order valence-corrected chi connectivity index (χ1v) is 5.42. The number of aromatic carboxylic acids is 1. The van der Waals surface area contributed by atoms with Crippen molar-refractivity contribution in [2.75, 3.05) is 13.2 Å². The molecule has 1 aromatic heterocycles. The lowest BCUT2D eigenvalue weighted by Crippen LogP contribution is -2.41. The van der Waals surface area contributed by atoms with Gasteiger partial charge in [-0.25, -0.2) is 9.59 Å². The van der Waals surface area contributed by atoms with Crippen LogP contribution in [0.3, 0.4) is 0 Å². The molecule has 8 nitrogen and oxygen atoms in total. The zero-order valence-electron chi connectivity index (χ0n) is 10.2. The summed E-state index contributed by atoms with van der Waals surface area (Å²) in [5.41, 5.74) is -0.110. The summed E-state index contributed by atoms with van der Waals surface area (Å²) in [6.07, 6.45) is 2.48. The van der Waals surface area contributed by atoms with Crippen LogP contribution in [0.5, 0.6) is 5.75 Å². The number of ether oxygens (including phenoxy) is 1. The Bertz CT molecular complexity index is 489. The van der Waals surface area contributed by atoms with Crippen molar-refractivity contribution < 1.29 is 24.2 Å². The monoisotopic (exact) mass is 267 g/mol. The fourth-order valence-electron chi connectivity index (χ4n) is 1.18. The van der Waals surface area contributed by atoms with Gasteiger partial charge in [0.1, 0.15) is 5.56 Å². The number of rotatable bonds is 5. The minimum Gasteiger partial charge on any atom is -0.481 e. The first kappa shape index (κ1) is 14.4. The topological polar surface area (TPSA) is 118 Å². The van der Waals surface area contributed by atoms with Gasteiger partial charge in [0, 0.05) is 12.7 Å². The Kier molecular flexibility index (Phi) is 5.27. The van der Waals surface area contributed by atoms with Crippen LogP contribution in [0.1, 0.15) is 17.3 Å². The van der Waals surface area contributed by atoms with Gasteiger partial charge in [-0.15, -0.1) is 0 Å². The van der Waals surface area contributed by atoms with E-state index < -0.39 is 24.5 Å². The molecule has 0 radical (unpaired) electrons. The molecule has 0 fully saturated rings. The molecule has 1 rings (SSSR count). The highest BCUT2D eigenvalue weighted by Gasteiger charge is 2.13. The van der Waals surface area contributed by atoms with E-state index in [2.05, 4.69) is 10.3 Å². The van der Waals surface area contributed by atoms with E-state index in [-0.39, 0.29) is 11.3 Å². The molecule has 0 aliphatic rings. The Morgan fingerprint density at radius 2 is 2.16 bits per heavy atom. The highest BCUT2D eigenvalue weighted by Crippen LogP contribution is 2.15. The molecule has 8 heteroatoms. The van der Waals surface area contributed by atoms with E-state index in [0.717, 1.165) is 0 Å². The Morgan fingerprint density at radius 3 is 2.79 bits per heavy atom. The van der Waals surface area contributed by atoms with Crippen LogP contribution in [0.4, 0.5) is 4.79 Å². The highest BCUT2D eigenvalue weighted by atomic mass is 16.5. The smallest absolute Gasteiger partial charge is 0.339 e. The number of aromatic nitrogens is 1. The molecule has 19 heavy (non-hydrogen) atoms. The molecule has 0 aliphatic heterocycles. The average Bonchev–Trinajstić information content (AvgIpc) is 2.36. The predicted molar refractivity (Wildman–Crippen MR) is 63.9 cm³/mol. The average molecular weight is 267 g/mol. The number of amides is 3. The van der Waals surface area contributed by atoms with E-state index >= 15 is 0 Å². The molecule has 1 heterocycles. The number of carboxylic acid groups (broad SMARTS) is 1. The fourth-order valence-corrected chi connectivity index (χ4v) is 1.18. The number of urea groups is 1. The molecule has 0 atom stereocenters. The Hall–Kier alpha value is -2.64. The van der Waals surface area contributed by atoms with Crippen LogP contribution in [-0.2, 0) is 4.79 Å². The van der Waals surface area contributed by atoms with Gasteiger partial charge < -0.3 is 15.2 Å². The minimum atomic E-state index is -1.19. The minimum absolute atomic E-state index is 0.0407. The van der Waals surface area contributed by atoms with Crippen molar-refractivity contribution in [2.24, 2.45) is 0 Å². The number of carbonyl (C=O) groups excluding carboxylic acids is 2. The maximum atomic E-state index is 11.3. The summed E-state index contributed by atoms with van der Waals surface area (Å²) in [6, 6.07) is 0.611. The maximum absolute atomic E-state index is 11.3. The van der Waals surface area contributed by atoms with Crippen molar-refractivity contribution in [3.05, 3.63) is 24.0 Å². The van der Waals surface area contributed by atoms with Crippen LogP contribution < -0.4 is 15.4 Å². The summed E-state index contributed by atoms with van der Waals surface area (Å²) in [7, 11) is 0. The second-order valence-corrected chi connectivity index (χ2v) is 3.37. The van der Waals surface area contributed by atoms with Crippen molar-refractivity contribution in [1.29, 1.82) is 0 Å². The quantitative estimate of drug-likeness (QED) is 0.691. The standard InChI is InChI=1S/C11H13N3O5/c1-2-13-11(18)14-9(15)6-19-8-5-12-4-3-7(8)10(16)17/h3-5H,2,6H2,1H3,(H,16,17)(H2,13,14,15,18). The second kappa shape index (κ2) is 6.94. The Balaban J connectivity index is 2.55. The lowest BCUT2D eigenvalue weighted by atomic mass is 10.2. The second-order valence-electron chi connectivity index (χ2n) is 3.37. The third-order valence-electron chi connectivity index (χ3n) is 1.96. The molecule has 1 aromatic rings. The van der Waals surface area contributed by atoms with Gasteiger partial charge >= 0.3 is 12.0 Å². The van der Waals surface area contributed by atoms with Crippen molar-refractivity contribution in [1.82, 2.24) is 15.6 Å². The number of carboxylic acids is 1. The van der Waals surface area contributed by atoms with E-state index in [0.29, 0.717) is 6.54 Å². The lowest BCUT2D eigenvalue weighted by molar-refractivity contribution is -0.122. The predicted octanol–water partition coefficient (Wildman–Crippen LogP) is 0.00430. The summed E-state index contributed by atoms with van der Waals surface area (Å²) in [5.74, 6) is -1.92. The van der Waals surface area contributed by atoms with E-state index in [1.165, 1.54) is 18.5 Å². The van der Waals surface area contributed by atoms with Gasteiger partial charge in [0.15, 0.2) is 12.4 Å². The maximum Gasteiger partial charge on any atom is 0.339 e. The van der Waals surface area contributed by atoms with Crippen LogP contribution in [0.25, 0.3) is 0 Å². The zero-order valence-corrected chi connectivity index (χ0v) is 10.2. The molecule has 0 aliphatic carbocycles. The van der Waals surface area contributed by atoms with E-state index in [9.17, 15) is 14.4 Å². The zero-order chi connectivity index (χ0) is 14.3. The van der Waals surface area contributed by atoms with Crippen LogP contribution in [0, 0.1) is 0 Å². The number of pyridine rings is 1. The SMILES string of the molecule is CCNC(=O)NC(=O)COc1cnccc1C(=O)O. The van der Waals surface area contributed by atoms with Crippen LogP contribution >= 0.6 is 0 Å². The van der Waals surface area contributed by atoms with Crippen molar-refractivity contribution in [2.45, 2.75) is 6.92 Å². The molecular formula is C11H13N3O5. The number of nitrogens with one attached hydrogen (secondary N) is 2. The molecule has 0 saturated carbocycles. The van der Waals surface area contributed by atoms with E-state index in [1.54, 1.807) is 6.92 Å². The summed E-state index contributed by atoms with van der Waals surface area (Å²) >= 11 is 0. The van der Waals surface area contributed by atoms with Crippen LogP contribution in [0.15, 0.2) is 18.5 Å². The first-order valence-electron chi connectivity index (χ1n) is 5.42. The molecule has 102 valence electrons. The van der Waals surface area contributed by atoms with Gasteiger partial charge in [-0.05, 0) is 13.0 Å². The van der Waals surface area contributed by atoms with E-state index in [4.69, 9.17) is 9.84 Å². The molecule has 0 bridgehead atoms. The summed E-state index contributed by atoms with van der Waals surface area (Å²) in [4.78, 5) is 36.9. The molecular weight excluding hydrogens is 254 g/mol. The molecule has 0 unspecified atom stereocenters. The number of nitrogens with zero attached hydrogens (tertiary/aromatic N) is 1. The first-order chi connectivity index (χ1) is 9.04. The third-order valence-corrected chi connectivity index (χ3v) is 1.96. The fraction of sp³-hybridized carbons (Fsp3) is 0.273. The number of imide groups is 1. The number of hydrogen-bond donors (Lipinski definition) is 3. The number of hydrogen-bond acceptors (Lipinski definition) is 5. The molecule has 3 amide bonds. The Labute approximate surface area is 108 Å². The van der Waals surface area contributed by atoms with Crippen LogP contribution in [-0.4, -0.2) is 41.1 Å². The highest BCUT2D eigenvalue weighted by molar-refractivity contribution is 5.95. The van der Waals surface area contributed by atoms with Gasteiger partial charge in [0.25, 0.3) is 5.91 Å². The molecule has 0 aromatic carbocycles. The lowest BCUT2D eigenvalue weighted by Gasteiger charge is -2.08. The van der Waals surface area contributed by atoms with Gasteiger partial charge in [-0.1, -0.05) is 0 Å². The van der Waals surface area contributed by atoms with Gasteiger partial charge in [-0.2, -0.15) is 0 Å². The Morgan fingerprint density at radius 1 is 1.42 bits per heavy atom. The molecule has 3 N–H and O–H groups in total. The summed E-state index contributed by atoms with van der Waals surface area (Å²) in [6.45, 7) is 1.60. The third kappa shape index (κ3) is 4.62. The van der Waals surface area contributed by atoms with Gasteiger partial charge in [-0.3, -0.25) is 15.1 Å². The normalized spacial score (nSPS) is 9.53. The van der Waals surface area contributed by atoms with Crippen molar-refractivity contribution >= 4 is 17.9 Å². The largest absolute Gasteiger partial charge is 0.481 e. The summed E-state index contributed by atoms with van der Waals surface area (Å²) in [5, 5.41) is 13.3. The molecule has 0 spiro atoms. The van der Waals surface area contributed by atoms with Gasteiger partial charge in [0.2, 0.25) is 0 Å². The molecule has 0 saturated heterocycles. The van der Waals surface area contributed by atoms with E-state index in [1.807, 2.05) is 5.32 Å². The van der Waals surface area contributed by atoms with Crippen molar-refractivity contribution in [3.8, 4) is 5.75 Å². The van der Waals surface area contributed by atoms with Crippen molar-refractivity contribution in [3.63, 3.8) is 0 Å².